The van der Waals surface area contributed by atoms with E-state index in [0.717, 1.165) is 22.6 Å². The van der Waals surface area contributed by atoms with Crippen molar-refractivity contribution in [3.63, 3.8) is 0 Å². The zero-order valence-electron chi connectivity index (χ0n) is 10.6. The van der Waals surface area contributed by atoms with Crippen molar-refractivity contribution in [3.8, 4) is 0 Å². The molecule has 0 aliphatic carbocycles. The molecule has 18 heavy (non-hydrogen) atoms. The lowest BCUT2D eigenvalue weighted by Gasteiger charge is -2.19. The van der Waals surface area contributed by atoms with E-state index < -0.39 is 0 Å². The van der Waals surface area contributed by atoms with Crippen LogP contribution in [0.5, 0.6) is 0 Å². The first-order chi connectivity index (χ1) is 8.47. The van der Waals surface area contributed by atoms with E-state index in [-0.39, 0.29) is 11.4 Å². The highest BCUT2D eigenvalue weighted by molar-refractivity contribution is 7.18. The number of rotatable bonds is 4. The van der Waals surface area contributed by atoms with Crippen LogP contribution >= 0.6 is 22.9 Å². The van der Waals surface area contributed by atoms with E-state index >= 15 is 0 Å². The van der Waals surface area contributed by atoms with Gasteiger partial charge in [0.15, 0.2) is 0 Å². The molecule has 98 valence electrons. The predicted molar refractivity (Wildman–Crippen MR) is 76.7 cm³/mol. The molecule has 1 atom stereocenters. The normalized spacial score (nSPS) is 12.9. The van der Waals surface area contributed by atoms with Gasteiger partial charge in [-0.1, -0.05) is 0 Å². The van der Waals surface area contributed by atoms with Crippen molar-refractivity contribution in [2.24, 2.45) is 0 Å². The number of anilines is 1. The van der Waals surface area contributed by atoms with Gasteiger partial charge in [-0.2, -0.15) is 4.98 Å². The lowest BCUT2D eigenvalue weighted by Crippen LogP contribution is -2.23. The Morgan fingerprint density at radius 2 is 2.22 bits per heavy atom. The summed E-state index contributed by atoms with van der Waals surface area (Å²) in [4.78, 5) is 12.6. The highest BCUT2D eigenvalue weighted by Crippen LogP contribution is 2.31. The average Bonchev–Trinajstić information content (AvgIpc) is 2.64. The number of aryl methyl sites for hydroxylation is 1. The van der Waals surface area contributed by atoms with Crippen molar-refractivity contribution in [2.45, 2.75) is 26.4 Å². The molecule has 0 saturated heterocycles. The van der Waals surface area contributed by atoms with Gasteiger partial charge in [0.2, 0.25) is 5.28 Å². The Kier molecular flexibility index (Phi) is 4.04. The molecule has 0 amide bonds. The van der Waals surface area contributed by atoms with Crippen LogP contribution in [0, 0.1) is 6.92 Å². The molecule has 4 nitrogen and oxygen atoms in total. The third-order valence-corrected chi connectivity index (χ3v) is 3.83. The molecular weight excluding hydrogens is 270 g/mol. The van der Waals surface area contributed by atoms with Crippen LogP contribution < -0.4 is 4.90 Å². The molecule has 2 aromatic rings. The molecule has 0 saturated carbocycles. The van der Waals surface area contributed by atoms with Gasteiger partial charge in [0, 0.05) is 18.5 Å². The van der Waals surface area contributed by atoms with E-state index in [2.05, 4.69) is 16.0 Å². The minimum atomic E-state index is -0.315. The zero-order chi connectivity index (χ0) is 13.3. The summed E-state index contributed by atoms with van der Waals surface area (Å²) in [6.07, 6.45) is 0.382. The van der Waals surface area contributed by atoms with Gasteiger partial charge in [0.25, 0.3) is 0 Å². The summed E-state index contributed by atoms with van der Waals surface area (Å²) in [5, 5.41) is 10.6. The van der Waals surface area contributed by atoms with Gasteiger partial charge in [-0.15, -0.1) is 11.3 Å². The Morgan fingerprint density at radius 1 is 1.50 bits per heavy atom. The second-order valence-corrected chi connectivity index (χ2v) is 6.02. The summed E-state index contributed by atoms with van der Waals surface area (Å²) in [5.74, 6) is 0.829. The van der Waals surface area contributed by atoms with E-state index in [9.17, 15) is 5.11 Å². The summed E-state index contributed by atoms with van der Waals surface area (Å²) in [5.41, 5.74) is 0. The van der Waals surface area contributed by atoms with Crippen molar-refractivity contribution in [1.82, 2.24) is 9.97 Å². The summed E-state index contributed by atoms with van der Waals surface area (Å²) in [6, 6.07) is 2.07. The molecule has 0 fully saturated rings. The van der Waals surface area contributed by atoms with Crippen LogP contribution in [-0.4, -0.2) is 34.8 Å². The fourth-order valence-corrected chi connectivity index (χ4v) is 2.87. The van der Waals surface area contributed by atoms with E-state index in [1.807, 2.05) is 18.9 Å². The molecule has 6 heteroatoms. The van der Waals surface area contributed by atoms with Crippen molar-refractivity contribution >= 4 is 39.0 Å². The number of thiophene rings is 1. The first-order valence-electron chi connectivity index (χ1n) is 5.80. The maximum atomic E-state index is 9.34. The number of aliphatic hydroxyl groups excluding tert-OH is 1. The van der Waals surface area contributed by atoms with Crippen LogP contribution in [0.25, 0.3) is 10.2 Å². The van der Waals surface area contributed by atoms with Crippen molar-refractivity contribution < 1.29 is 5.11 Å². The number of fused-ring (bicyclic) bond motifs is 1. The summed E-state index contributed by atoms with van der Waals surface area (Å²) < 4.78 is 0. The number of aromatic nitrogens is 2. The highest BCUT2D eigenvalue weighted by atomic mass is 35.5. The standard InChI is InChI=1S/C12H16ClN3OS/c1-7(17)4-5-16(3)10-9-6-8(2)18-11(9)15-12(13)14-10/h6-7,17H,4-5H2,1-3H3. The van der Waals surface area contributed by atoms with Gasteiger partial charge < -0.3 is 10.0 Å². The molecule has 2 heterocycles. The Balaban J connectivity index is 2.36. The molecule has 2 aromatic heterocycles. The fourth-order valence-electron chi connectivity index (χ4n) is 1.78. The average molecular weight is 286 g/mol. The monoisotopic (exact) mass is 285 g/mol. The fraction of sp³-hybridized carbons (Fsp3) is 0.500. The van der Waals surface area contributed by atoms with Gasteiger partial charge in [0.05, 0.1) is 11.5 Å². The third kappa shape index (κ3) is 2.91. The Labute approximate surface area is 115 Å². The Morgan fingerprint density at radius 3 is 2.89 bits per heavy atom. The molecule has 0 aliphatic rings. The maximum absolute atomic E-state index is 9.34. The zero-order valence-corrected chi connectivity index (χ0v) is 12.2. The maximum Gasteiger partial charge on any atom is 0.225 e. The second-order valence-electron chi connectivity index (χ2n) is 4.45. The van der Waals surface area contributed by atoms with Crippen LogP contribution in [0.15, 0.2) is 6.07 Å². The van der Waals surface area contributed by atoms with E-state index in [4.69, 9.17) is 11.6 Å². The molecule has 0 bridgehead atoms. The quantitative estimate of drug-likeness (QED) is 0.878. The molecule has 0 spiro atoms. The second kappa shape index (κ2) is 5.38. The van der Waals surface area contributed by atoms with Crippen LogP contribution in [0.2, 0.25) is 5.28 Å². The summed E-state index contributed by atoms with van der Waals surface area (Å²) in [6.45, 7) is 4.56. The third-order valence-electron chi connectivity index (χ3n) is 2.71. The Bertz CT molecular complexity index is 555. The van der Waals surface area contributed by atoms with Gasteiger partial charge in [0.1, 0.15) is 10.6 Å². The van der Waals surface area contributed by atoms with E-state index in [0.29, 0.717) is 6.42 Å². The van der Waals surface area contributed by atoms with Crippen molar-refractivity contribution in [1.29, 1.82) is 0 Å². The molecule has 0 aliphatic heterocycles. The molecule has 1 N–H and O–H groups in total. The van der Waals surface area contributed by atoms with E-state index in [1.54, 1.807) is 18.3 Å². The number of halogens is 1. The minimum Gasteiger partial charge on any atom is -0.393 e. The van der Waals surface area contributed by atoms with Crippen LogP contribution in [-0.2, 0) is 0 Å². The largest absolute Gasteiger partial charge is 0.393 e. The number of nitrogens with zero attached hydrogens (tertiary/aromatic N) is 3. The van der Waals surface area contributed by atoms with Crippen LogP contribution in [0.3, 0.4) is 0 Å². The van der Waals surface area contributed by atoms with Crippen LogP contribution in [0.1, 0.15) is 18.2 Å². The predicted octanol–water partition coefficient (Wildman–Crippen LogP) is 2.86. The lowest BCUT2D eigenvalue weighted by atomic mass is 10.2. The summed E-state index contributed by atoms with van der Waals surface area (Å²) >= 11 is 7.56. The van der Waals surface area contributed by atoms with Crippen molar-refractivity contribution in [2.75, 3.05) is 18.5 Å². The number of aliphatic hydroxyl groups is 1. The van der Waals surface area contributed by atoms with E-state index in [1.165, 1.54) is 4.88 Å². The molecule has 0 aromatic carbocycles. The molecule has 1 unspecified atom stereocenters. The lowest BCUT2D eigenvalue weighted by molar-refractivity contribution is 0.187. The summed E-state index contributed by atoms with van der Waals surface area (Å²) in [7, 11) is 1.95. The first-order valence-corrected chi connectivity index (χ1v) is 6.99. The smallest absolute Gasteiger partial charge is 0.225 e. The topological polar surface area (TPSA) is 49.2 Å². The van der Waals surface area contributed by atoms with Crippen LogP contribution in [0.4, 0.5) is 5.82 Å². The number of hydrogen-bond donors (Lipinski definition) is 1. The molecular formula is C12H16ClN3OS. The molecule has 2 rings (SSSR count). The number of hydrogen-bond acceptors (Lipinski definition) is 5. The highest BCUT2D eigenvalue weighted by Gasteiger charge is 2.13. The van der Waals surface area contributed by atoms with Gasteiger partial charge in [-0.3, -0.25) is 0 Å². The molecule has 0 radical (unpaired) electrons. The van der Waals surface area contributed by atoms with Gasteiger partial charge >= 0.3 is 0 Å². The van der Waals surface area contributed by atoms with Gasteiger partial charge in [-0.25, -0.2) is 4.98 Å². The van der Waals surface area contributed by atoms with Crippen molar-refractivity contribution in [3.05, 3.63) is 16.2 Å². The SMILES string of the molecule is Cc1cc2c(N(C)CCC(C)O)nc(Cl)nc2s1. The van der Waals surface area contributed by atoms with Gasteiger partial charge in [-0.05, 0) is 37.9 Å². The Hall–Kier alpha value is -0.910. The minimum absolute atomic E-state index is 0.267. The first kappa shape index (κ1) is 13.5.